The molecule has 0 bridgehead atoms. The van der Waals surface area contributed by atoms with Crippen LogP contribution < -0.4 is 10.1 Å². The third-order valence-corrected chi connectivity index (χ3v) is 3.26. The van der Waals surface area contributed by atoms with E-state index in [0.29, 0.717) is 0 Å². The van der Waals surface area contributed by atoms with E-state index in [9.17, 15) is 0 Å². The van der Waals surface area contributed by atoms with Gasteiger partial charge in [0.1, 0.15) is 5.75 Å². The molecule has 0 aliphatic heterocycles. The zero-order chi connectivity index (χ0) is 12.7. The zero-order valence-electron chi connectivity index (χ0n) is 10.8. The molecule has 17 heavy (non-hydrogen) atoms. The fraction of sp³-hybridized carbons (Fsp3) is 0.538. The molecule has 0 unspecified atom stereocenters. The minimum Gasteiger partial charge on any atom is -0.496 e. The Morgan fingerprint density at radius 1 is 1.41 bits per heavy atom. The van der Waals surface area contributed by atoms with Gasteiger partial charge in [-0.15, -0.1) is 0 Å². The van der Waals surface area contributed by atoms with Gasteiger partial charge in [-0.05, 0) is 31.8 Å². The Morgan fingerprint density at radius 3 is 2.82 bits per heavy atom. The van der Waals surface area contributed by atoms with Gasteiger partial charge in [0, 0.05) is 29.7 Å². The lowest BCUT2D eigenvalue weighted by molar-refractivity contribution is 0.347. The van der Waals surface area contributed by atoms with Crippen molar-refractivity contribution < 1.29 is 4.74 Å². The number of methoxy groups -OCH3 is 1. The van der Waals surface area contributed by atoms with Gasteiger partial charge in [0.05, 0.1) is 7.11 Å². The number of hydrogen-bond donors (Lipinski definition) is 1. The van der Waals surface area contributed by atoms with Crippen LogP contribution in [0, 0.1) is 0 Å². The summed E-state index contributed by atoms with van der Waals surface area (Å²) in [7, 11) is 3.83. The van der Waals surface area contributed by atoms with Crippen molar-refractivity contribution in [2.75, 3.05) is 33.8 Å². The van der Waals surface area contributed by atoms with Gasteiger partial charge in [0.2, 0.25) is 0 Å². The second-order valence-electron chi connectivity index (χ2n) is 4.03. The van der Waals surface area contributed by atoms with Gasteiger partial charge >= 0.3 is 0 Å². The number of likely N-dealkylation sites (N-methyl/N-ethyl adjacent to an activating group) is 1. The molecular formula is C13H21BrN2O. The van der Waals surface area contributed by atoms with Gasteiger partial charge < -0.3 is 15.0 Å². The quantitative estimate of drug-likeness (QED) is 0.783. The maximum atomic E-state index is 5.33. The summed E-state index contributed by atoms with van der Waals surface area (Å²) in [6, 6.07) is 6.07. The Hall–Kier alpha value is -0.580. The van der Waals surface area contributed by atoms with Gasteiger partial charge in [-0.3, -0.25) is 0 Å². The van der Waals surface area contributed by atoms with Crippen LogP contribution in [0.25, 0.3) is 0 Å². The first-order valence-electron chi connectivity index (χ1n) is 5.89. The van der Waals surface area contributed by atoms with Crippen LogP contribution in [0.5, 0.6) is 5.75 Å². The van der Waals surface area contributed by atoms with E-state index in [1.807, 2.05) is 12.1 Å². The molecule has 0 heterocycles. The summed E-state index contributed by atoms with van der Waals surface area (Å²) < 4.78 is 6.41. The van der Waals surface area contributed by atoms with Crippen molar-refractivity contribution in [2.45, 2.75) is 13.5 Å². The molecule has 1 N–H and O–H groups in total. The molecule has 0 saturated heterocycles. The fourth-order valence-electron chi connectivity index (χ4n) is 1.54. The molecule has 4 heteroatoms. The molecule has 1 aromatic rings. The van der Waals surface area contributed by atoms with Crippen molar-refractivity contribution in [1.82, 2.24) is 10.2 Å². The molecular weight excluding hydrogens is 280 g/mol. The molecule has 0 aromatic heterocycles. The van der Waals surface area contributed by atoms with E-state index < -0.39 is 0 Å². The van der Waals surface area contributed by atoms with Crippen LogP contribution in [0.3, 0.4) is 0 Å². The minimum absolute atomic E-state index is 0.833. The molecule has 1 aromatic carbocycles. The van der Waals surface area contributed by atoms with Gasteiger partial charge in [-0.1, -0.05) is 22.9 Å². The number of nitrogens with one attached hydrogen (secondary N) is 1. The molecule has 0 aliphatic rings. The van der Waals surface area contributed by atoms with E-state index >= 15 is 0 Å². The van der Waals surface area contributed by atoms with Crippen LogP contribution in [0.15, 0.2) is 22.7 Å². The highest BCUT2D eigenvalue weighted by molar-refractivity contribution is 9.10. The van der Waals surface area contributed by atoms with Crippen molar-refractivity contribution >= 4 is 15.9 Å². The summed E-state index contributed by atoms with van der Waals surface area (Å²) in [5.41, 5.74) is 1.18. The van der Waals surface area contributed by atoms with Crippen LogP contribution in [0.4, 0.5) is 0 Å². The summed E-state index contributed by atoms with van der Waals surface area (Å²) in [6.07, 6.45) is 0. The molecule has 0 spiro atoms. The maximum Gasteiger partial charge on any atom is 0.123 e. The van der Waals surface area contributed by atoms with E-state index in [0.717, 1.165) is 36.4 Å². The number of ether oxygens (including phenoxy) is 1. The Balaban J connectivity index is 2.42. The van der Waals surface area contributed by atoms with Crippen molar-refractivity contribution in [3.05, 3.63) is 28.2 Å². The number of benzene rings is 1. The summed E-state index contributed by atoms with van der Waals surface area (Å²) in [6.45, 7) is 6.13. The second-order valence-corrected chi connectivity index (χ2v) is 4.94. The van der Waals surface area contributed by atoms with E-state index in [4.69, 9.17) is 4.74 Å². The monoisotopic (exact) mass is 300 g/mol. The topological polar surface area (TPSA) is 24.5 Å². The summed E-state index contributed by atoms with van der Waals surface area (Å²) in [5, 5.41) is 3.43. The molecule has 0 atom stereocenters. The smallest absolute Gasteiger partial charge is 0.123 e. The molecule has 96 valence electrons. The average molecular weight is 301 g/mol. The van der Waals surface area contributed by atoms with Crippen LogP contribution >= 0.6 is 15.9 Å². The Bertz CT molecular complexity index is 344. The van der Waals surface area contributed by atoms with Gasteiger partial charge in [0.25, 0.3) is 0 Å². The zero-order valence-corrected chi connectivity index (χ0v) is 12.4. The highest BCUT2D eigenvalue weighted by Gasteiger charge is 2.03. The highest BCUT2D eigenvalue weighted by Crippen LogP contribution is 2.22. The first-order valence-corrected chi connectivity index (χ1v) is 6.68. The summed E-state index contributed by atoms with van der Waals surface area (Å²) >= 11 is 3.48. The van der Waals surface area contributed by atoms with Crippen molar-refractivity contribution in [1.29, 1.82) is 0 Å². The van der Waals surface area contributed by atoms with Crippen LogP contribution in [-0.4, -0.2) is 38.7 Å². The van der Waals surface area contributed by atoms with Crippen LogP contribution in [0.1, 0.15) is 12.5 Å². The van der Waals surface area contributed by atoms with E-state index in [2.05, 4.69) is 46.2 Å². The molecule has 3 nitrogen and oxygen atoms in total. The highest BCUT2D eigenvalue weighted by atomic mass is 79.9. The molecule has 0 saturated carbocycles. The van der Waals surface area contributed by atoms with Crippen molar-refractivity contribution in [3.63, 3.8) is 0 Å². The molecule has 0 aliphatic carbocycles. The van der Waals surface area contributed by atoms with E-state index in [1.54, 1.807) is 7.11 Å². The molecule has 0 amide bonds. The van der Waals surface area contributed by atoms with Crippen molar-refractivity contribution in [3.8, 4) is 5.75 Å². The standard InChI is InChI=1S/C13H21BrN2O/c1-4-16(2)8-7-15-10-11-9-12(14)5-6-13(11)17-3/h5-6,9,15H,4,7-8,10H2,1-3H3. The first kappa shape index (κ1) is 14.5. The lowest BCUT2D eigenvalue weighted by Gasteiger charge is -2.15. The fourth-order valence-corrected chi connectivity index (χ4v) is 1.94. The molecule has 1 rings (SSSR count). The Labute approximate surface area is 112 Å². The van der Waals surface area contributed by atoms with E-state index in [1.165, 1.54) is 5.56 Å². The summed E-state index contributed by atoms with van der Waals surface area (Å²) in [5.74, 6) is 0.935. The third-order valence-electron chi connectivity index (χ3n) is 2.77. The number of halogens is 1. The lowest BCUT2D eigenvalue weighted by atomic mass is 10.2. The first-order chi connectivity index (χ1) is 8.17. The predicted octanol–water partition coefficient (Wildman–Crippen LogP) is 2.50. The molecule has 0 radical (unpaired) electrons. The van der Waals surface area contributed by atoms with Crippen LogP contribution in [0.2, 0.25) is 0 Å². The Morgan fingerprint density at radius 2 is 2.18 bits per heavy atom. The minimum atomic E-state index is 0.833. The normalized spacial score (nSPS) is 10.9. The average Bonchev–Trinajstić information content (AvgIpc) is 2.34. The number of nitrogens with zero attached hydrogens (tertiary/aromatic N) is 1. The maximum absolute atomic E-state index is 5.33. The largest absolute Gasteiger partial charge is 0.496 e. The van der Waals surface area contributed by atoms with Crippen molar-refractivity contribution in [2.24, 2.45) is 0 Å². The molecule has 0 fully saturated rings. The van der Waals surface area contributed by atoms with Gasteiger partial charge in [0.15, 0.2) is 0 Å². The third kappa shape index (κ3) is 5.06. The van der Waals surface area contributed by atoms with Gasteiger partial charge in [-0.2, -0.15) is 0 Å². The van der Waals surface area contributed by atoms with Crippen LogP contribution in [-0.2, 0) is 6.54 Å². The van der Waals surface area contributed by atoms with E-state index in [-0.39, 0.29) is 0 Å². The number of hydrogen-bond acceptors (Lipinski definition) is 3. The lowest BCUT2D eigenvalue weighted by Crippen LogP contribution is -2.28. The number of rotatable bonds is 7. The summed E-state index contributed by atoms with van der Waals surface area (Å²) in [4.78, 5) is 2.28. The Kier molecular flexibility index (Phi) is 6.55. The SMILES string of the molecule is CCN(C)CCNCc1cc(Br)ccc1OC. The van der Waals surface area contributed by atoms with Gasteiger partial charge in [-0.25, -0.2) is 0 Å². The predicted molar refractivity (Wildman–Crippen MR) is 75.6 cm³/mol. The second kappa shape index (κ2) is 7.69.